The van der Waals surface area contributed by atoms with Crippen LogP contribution >= 0.6 is 0 Å². The summed E-state index contributed by atoms with van der Waals surface area (Å²) in [5.74, 6) is -2.42. The molecule has 0 aliphatic heterocycles. The number of carboxylic acid groups (broad SMARTS) is 1. The summed E-state index contributed by atoms with van der Waals surface area (Å²) in [4.78, 5) is 22.0. The Kier molecular flexibility index (Phi) is 3.49. The van der Waals surface area contributed by atoms with Gasteiger partial charge in [-0.2, -0.15) is 12.7 Å². The number of aromatic carboxylic acids is 1. The fraction of sp³-hybridized carbons (Fsp3) is 0.111. The van der Waals surface area contributed by atoms with Crippen LogP contribution in [0, 0.1) is 0 Å². The second kappa shape index (κ2) is 4.52. The number of benzene rings is 1. The predicted octanol–water partition coefficient (Wildman–Crippen LogP) is 0.540. The van der Waals surface area contributed by atoms with Crippen LogP contribution in [-0.2, 0) is 15.1 Å². The highest BCUT2D eigenvalue weighted by Crippen LogP contribution is 2.22. The van der Waals surface area contributed by atoms with Gasteiger partial charge in [0.2, 0.25) is 5.91 Å². The lowest BCUT2D eigenvalue weighted by Crippen LogP contribution is -2.35. The minimum absolute atomic E-state index is 0.0243. The van der Waals surface area contributed by atoms with E-state index in [1.165, 1.54) is 12.1 Å². The van der Waals surface area contributed by atoms with Crippen molar-refractivity contribution >= 4 is 27.9 Å². The first-order valence-corrected chi connectivity index (χ1v) is 5.75. The van der Waals surface area contributed by atoms with Gasteiger partial charge in [0.25, 0.3) is 0 Å². The van der Waals surface area contributed by atoms with Crippen molar-refractivity contribution in [3.05, 3.63) is 29.8 Å². The lowest BCUT2D eigenvalue weighted by Gasteiger charge is -2.18. The zero-order valence-electron chi connectivity index (χ0n) is 8.69. The number of hydrogen-bond donors (Lipinski definition) is 2. The minimum Gasteiger partial charge on any atom is -0.478 e. The van der Waals surface area contributed by atoms with Crippen LogP contribution in [-0.4, -0.2) is 30.0 Å². The SMILES string of the molecule is CC(=O)N(c1ccccc1C(=O)O)S(=O)(=O)O. The lowest BCUT2D eigenvalue weighted by molar-refractivity contribution is -0.115. The number of carbonyl (C=O) groups is 2. The molecule has 0 fully saturated rings. The van der Waals surface area contributed by atoms with E-state index in [4.69, 9.17) is 9.66 Å². The molecule has 0 saturated carbocycles. The maximum atomic E-state index is 11.2. The molecule has 0 atom stereocenters. The van der Waals surface area contributed by atoms with Crippen LogP contribution in [0.15, 0.2) is 24.3 Å². The number of amides is 1. The third-order valence-corrected chi connectivity index (χ3v) is 2.79. The van der Waals surface area contributed by atoms with Gasteiger partial charge in [-0.25, -0.2) is 4.79 Å². The Morgan fingerprint density at radius 3 is 2.18 bits per heavy atom. The Morgan fingerprint density at radius 1 is 1.24 bits per heavy atom. The normalized spacial score (nSPS) is 10.9. The van der Waals surface area contributed by atoms with Gasteiger partial charge < -0.3 is 5.11 Å². The second-order valence-corrected chi connectivity index (χ2v) is 4.34. The molecule has 0 aliphatic rings. The molecule has 2 N–H and O–H groups in total. The molecule has 8 heteroatoms. The van der Waals surface area contributed by atoms with Crippen LogP contribution in [0.3, 0.4) is 0 Å². The van der Waals surface area contributed by atoms with Crippen LogP contribution in [0.25, 0.3) is 0 Å². The van der Waals surface area contributed by atoms with Gasteiger partial charge in [0.1, 0.15) is 0 Å². The van der Waals surface area contributed by atoms with Crippen molar-refractivity contribution in [1.82, 2.24) is 0 Å². The zero-order chi connectivity index (χ0) is 13.2. The highest BCUT2D eigenvalue weighted by atomic mass is 32.2. The molecule has 92 valence electrons. The van der Waals surface area contributed by atoms with Gasteiger partial charge >= 0.3 is 16.3 Å². The fourth-order valence-electron chi connectivity index (χ4n) is 1.29. The Bertz CT molecular complexity index is 565. The number of para-hydroxylation sites is 1. The largest absolute Gasteiger partial charge is 0.478 e. The highest BCUT2D eigenvalue weighted by Gasteiger charge is 2.28. The van der Waals surface area contributed by atoms with E-state index in [1.54, 1.807) is 0 Å². The van der Waals surface area contributed by atoms with E-state index < -0.39 is 33.4 Å². The van der Waals surface area contributed by atoms with Crippen LogP contribution < -0.4 is 4.31 Å². The first kappa shape index (κ1) is 13.1. The standard InChI is InChI=1S/C9H9NO6S/c1-6(11)10(17(14,15)16)8-5-3-2-4-7(8)9(12)13/h2-5H,1H3,(H,12,13)(H,14,15,16). The Balaban J connectivity index is 3.50. The number of rotatable bonds is 3. The van der Waals surface area contributed by atoms with Crippen molar-refractivity contribution in [3.63, 3.8) is 0 Å². The molecule has 0 unspecified atom stereocenters. The Morgan fingerprint density at radius 2 is 1.76 bits per heavy atom. The van der Waals surface area contributed by atoms with E-state index in [9.17, 15) is 18.0 Å². The Labute approximate surface area is 97.2 Å². The minimum atomic E-state index is -4.85. The molecule has 0 saturated heterocycles. The number of nitrogens with zero attached hydrogens (tertiary/aromatic N) is 1. The van der Waals surface area contributed by atoms with Gasteiger partial charge in [0.05, 0.1) is 11.3 Å². The maximum absolute atomic E-state index is 11.2. The van der Waals surface area contributed by atoms with Crippen molar-refractivity contribution in [1.29, 1.82) is 0 Å². The van der Waals surface area contributed by atoms with E-state index in [0.717, 1.165) is 19.1 Å². The molecule has 0 heterocycles. The van der Waals surface area contributed by atoms with E-state index in [2.05, 4.69) is 0 Å². The molecule has 1 amide bonds. The number of anilines is 1. The molecule has 0 radical (unpaired) electrons. The number of carboxylic acids is 1. The average Bonchev–Trinajstić information content (AvgIpc) is 2.15. The first-order valence-electron chi connectivity index (χ1n) is 4.35. The van der Waals surface area contributed by atoms with Crippen LogP contribution in [0.2, 0.25) is 0 Å². The van der Waals surface area contributed by atoms with Gasteiger partial charge in [-0.15, -0.1) is 0 Å². The summed E-state index contributed by atoms with van der Waals surface area (Å²) in [6, 6.07) is 4.95. The molecule has 1 rings (SSSR count). The molecule has 1 aromatic carbocycles. The molecule has 7 nitrogen and oxygen atoms in total. The summed E-state index contributed by atoms with van der Waals surface area (Å²) < 4.78 is 30.9. The van der Waals surface area contributed by atoms with Crippen molar-refractivity contribution in [2.24, 2.45) is 0 Å². The summed E-state index contributed by atoms with van der Waals surface area (Å²) in [5, 5.41) is 8.85. The summed E-state index contributed by atoms with van der Waals surface area (Å²) in [6.45, 7) is 0.895. The van der Waals surface area contributed by atoms with Gasteiger partial charge in [0.15, 0.2) is 0 Å². The van der Waals surface area contributed by atoms with Crippen molar-refractivity contribution in [2.45, 2.75) is 6.92 Å². The average molecular weight is 259 g/mol. The zero-order valence-corrected chi connectivity index (χ0v) is 9.51. The number of hydrogen-bond acceptors (Lipinski definition) is 4. The smallest absolute Gasteiger partial charge is 0.366 e. The third kappa shape index (κ3) is 2.80. The maximum Gasteiger partial charge on any atom is 0.366 e. The van der Waals surface area contributed by atoms with E-state index in [1.807, 2.05) is 0 Å². The molecule has 0 aliphatic carbocycles. The fourth-order valence-corrected chi connectivity index (χ4v) is 2.02. The first-order chi connectivity index (χ1) is 7.75. The summed E-state index contributed by atoms with van der Waals surface area (Å²) >= 11 is 0. The molecule has 0 aromatic heterocycles. The van der Waals surface area contributed by atoms with E-state index >= 15 is 0 Å². The van der Waals surface area contributed by atoms with Crippen LogP contribution in [0.4, 0.5) is 5.69 Å². The quantitative estimate of drug-likeness (QED) is 0.766. The summed E-state index contributed by atoms with van der Waals surface area (Å²) in [7, 11) is -4.85. The molecule has 0 spiro atoms. The summed E-state index contributed by atoms with van der Waals surface area (Å²) in [5.41, 5.74) is -0.810. The predicted molar refractivity (Wildman–Crippen MR) is 58.1 cm³/mol. The third-order valence-electron chi connectivity index (χ3n) is 1.87. The van der Waals surface area contributed by atoms with Crippen LogP contribution in [0.1, 0.15) is 17.3 Å². The Hall–Kier alpha value is -1.93. The second-order valence-electron chi connectivity index (χ2n) is 3.08. The molecular weight excluding hydrogens is 250 g/mol. The molecular formula is C9H9NO6S. The van der Waals surface area contributed by atoms with Gasteiger partial charge in [-0.1, -0.05) is 12.1 Å². The van der Waals surface area contributed by atoms with Gasteiger partial charge in [-0.3, -0.25) is 9.35 Å². The lowest BCUT2D eigenvalue weighted by atomic mass is 10.2. The van der Waals surface area contributed by atoms with Gasteiger partial charge in [0, 0.05) is 6.92 Å². The highest BCUT2D eigenvalue weighted by molar-refractivity contribution is 7.88. The monoisotopic (exact) mass is 259 g/mol. The van der Waals surface area contributed by atoms with Crippen molar-refractivity contribution in [2.75, 3.05) is 4.31 Å². The summed E-state index contributed by atoms with van der Waals surface area (Å²) in [6.07, 6.45) is 0. The van der Waals surface area contributed by atoms with Crippen molar-refractivity contribution in [3.8, 4) is 0 Å². The van der Waals surface area contributed by atoms with E-state index in [-0.39, 0.29) is 4.31 Å². The molecule has 0 bridgehead atoms. The molecule has 1 aromatic rings. The molecule has 17 heavy (non-hydrogen) atoms. The van der Waals surface area contributed by atoms with Gasteiger partial charge in [-0.05, 0) is 12.1 Å². The number of carbonyl (C=O) groups excluding carboxylic acids is 1. The van der Waals surface area contributed by atoms with E-state index in [0.29, 0.717) is 0 Å². The van der Waals surface area contributed by atoms with Crippen molar-refractivity contribution < 1.29 is 27.7 Å². The van der Waals surface area contributed by atoms with Crippen LogP contribution in [0.5, 0.6) is 0 Å². The topological polar surface area (TPSA) is 112 Å².